The molecule has 3 nitrogen and oxygen atoms in total. The van der Waals surface area contributed by atoms with Crippen molar-refractivity contribution in [1.29, 1.82) is 0 Å². The topological polar surface area (TPSA) is 29.5 Å². The van der Waals surface area contributed by atoms with Gasteiger partial charge in [0.15, 0.2) is 0 Å². The first-order chi connectivity index (χ1) is 10.6. The molecule has 0 aromatic heterocycles. The van der Waals surface area contributed by atoms with E-state index in [-0.39, 0.29) is 30.9 Å². The summed E-state index contributed by atoms with van der Waals surface area (Å²) < 4.78 is 6.11. The molecule has 0 radical (unpaired) electrons. The predicted octanol–water partition coefficient (Wildman–Crippen LogP) is 4.59. The number of hydrogen-bond acceptors (Lipinski definition) is 3. The lowest BCUT2D eigenvalue weighted by molar-refractivity contribution is -0.117. The fourth-order valence-electron chi connectivity index (χ4n) is 3.54. The van der Waals surface area contributed by atoms with Crippen LogP contribution in [0.2, 0.25) is 10.0 Å². The lowest BCUT2D eigenvalue weighted by atomic mass is 10.1. The minimum absolute atomic E-state index is 0. The molecule has 0 spiro atoms. The van der Waals surface area contributed by atoms with Crippen molar-refractivity contribution in [3.8, 4) is 0 Å². The number of benzene rings is 1. The number of Topliss-reactive ketones (excluding diaryl/α,β-unsaturated/α-hetero) is 1. The average molecular weight is 415 g/mol. The van der Waals surface area contributed by atoms with Gasteiger partial charge in [0.2, 0.25) is 0 Å². The molecule has 1 saturated carbocycles. The molecule has 0 bridgehead atoms. The van der Waals surface area contributed by atoms with E-state index in [9.17, 15) is 4.79 Å². The average Bonchev–Trinajstić information content (AvgIpc) is 3.10. The fourth-order valence-corrected chi connectivity index (χ4v) is 4.12. The second-order valence-corrected chi connectivity index (χ2v) is 6.93. The van der Waals surface area contributed by atoms with Crippen LogP contribution in [0.15, 0.2) is 18.2 Å². The summed E-state index contributed by atoms with van der Waals surface area (Å²) in [5, 5.41) is 1.40. The van der Waals surface area contributed by atoms with E-state index in [1.54, 1.807) is 0 Å². The first kappa shape index (κ1) is 22.0. The highest BCUT2D eigenvalue weighted by molar-refractivity contribution is 6.35. The molecule has 1 heterocycles. The summed E-state index contributed by atoms with van der Waals surface area (Å²) in [4.78, 5) is 13.8. The number of nitrogens with zero attached hydrogens (tertiary/aromatic N) is 1. The van der Waals surface area contributed by atoms with E-state index < -0.39 is 0 Å². The molecule has 2 aliphatic rings. The van der Waals surface area contributed by atoms with E-state index in [4.69, 9.17) is 27.9 Å². The van der Waals surface area contributed by atoms with E-state index in [1.807, 2.05) is 18.2 Å². The van der Waals surface area contributed by atoms with Gasteiger partial charge in [0.05, 0.1) is 19.3 Å². The van der Waals surface area contributed by atoms with Crippen molar-refractivity contribution in [3.63, 3.8) is 0 Å². The molecule has 1 aromatic carbocycles. The summed E-state index contributed by atoms with van der Waals surface area (Å²) in [5.41, 5.74) is 0.955. The smallest absolute Gasteiger partial charge is 0.148 e. The molecule has 1 saturated heterocycles. The molecule has 0 N–H and O–H groups in total. The number of ketones is 1. The zero-order valence-electron chi connectivity index (χ0n) is 13.4. The molecular formula is C17H23Cl4NO2. The third kappa shape index (κ3) is 5.23. The lowest BCUT2D eigenvalue weighted by Gasteiger charge is -2.28. The predicted molar refractivity (Wildman–Crippen MR) is 103 cm³/mol. The molecular weight excluding hydrogens is 392 g/mol. The van der Waals surface area contributed by atoms with E-state index >= 15 is 0 Å². The van der Waals surface area contributed by atoms with E-state index in [0.717, 1.165) is 31.4 Å². The second-order valence-electron chi connectivity index (χ2n) is 6.12. The Morgan fingerprint density at radius 2 is 1.88 bits per heavy atom. The Balaban J connectivity index is 0.00000144. The van der Waals surface area contributed by atoms with Gasteiger partial charge in [0.25, 0.3) is 0 Å². The first-order valence-electron chi connectivity index (χ1n) is 7.95. The van der Waals surface area contributed by atoms with Crippen LogP contribution in [-0.2, 0) is 16.0 Å². The highest BCUT2D eigenvalue weighted by Crippen LogP contribution is 2.30. The largest absolute Gasteiger partial charge is 0.376 e. The van der Waals surface area contributed by atoms with Gasteiger partial charge in [-0.1, -0.05) is 29.3 Å². The van der Waals surface area contributed by atoms with Gasteiger partial charge in [0.1, 0.15) is 5.78 Å². The minimum Gasteiger partial charge on any atom is -0.376 e. The normalized spacial score (nSPS) is 23.8. The number of carbonyl (C=O) groups is 1. The van der Waals surface area contributed by atoms with E-state index in [1.165, 1.54) is 6.42 Å². The van der Waals surface area contributed by atoms with Crippen molar-refractivity contribution in [2.24, 2.45) is 0 Å². The van der Waals surface area contributed by atoms with Crippen LogP contribution in [0.25, 0.3) is 0 Å². The van der Waals surface area contributed by atoms with Gasteiger partial charge in [-0.15, -0.1) is 24.8 Å². The Hall–Kier alpha value is -0.0300. The molecule has 24 heavy (non-hydrogen) atoms. The zero-order chi connectivity index (χ0) is 15.5. The van der Waals surface area contributed by atoms with Crippen LogP contribution in [0.1, 0.15) is 31.2 Å². The van der Waals surface area contributed by atoms with Gasteiger partial charge < -0.3 is 4.74 Å². The first-order valence-corrected chi connectivity index (χ1v) is 8.71. The lowest BCUT2D eigenvalue weighted by Crippen LogP contribution is -2.40. The molecule has 1 aliphatic heterocycles. The number of hydrogen-bond donors (Lipinski definition) is 0. The van der Waals surface area contributed by atoms with Crippen molar-refractivity contribution in [2.45, 2.75) is 44.2 Å². The van der Waals surface area contributed by atoms with Crippen LogP contribution in [0.3, 0.4) is 0 Å². The number of carbonyl (C=O) groups excluding carboxylic acids is 1. The van der Waals surface area contributed by atoms with Crippen LogP contribution in [0, 0.1) is 0 Å². The monoisotopic (exact) mass is 413 g/mol. The molecule has 136 valence electrons. The Kier molecular flexibility index (Phi) is 9.35. The van der Waals surface area contributed by atoms with Crippen LogP contribution in [-0.4, -0.2) is 42.5 Å². The molecule has 2 atom stereocenters. The van der Waals surface area contributed by atoms with Crippen LogP contribution in [0.5, 0.6) is 0 Å². The van der Waals surface area contributed by atoms with E-state index in [0.29, 0.717) is 41.4 Å². The SMILES string of the molecule is Cl.Cl.O=C1CCN([C@@H]2CCC[C@H]2OCCc2c(Cl)cccc2Cl)C1. The summed E-state index contributed by atoms with van der Waals surface area (Å²) in [6.07, 6.45) is 5.02. The second kappa shape index (κ2) is 10.2. The maximum Gasteiger partial charge on any atom is 0.148 e. The van der Waals surface area contributed by atoms with Gasteiger partial charge in [0, 0.05) is 29.1 Å². The maximum absolute atomic E-state index is 11.5. The molecule has 0 amide bonds. The summed E-state index contributed by atoms with van der Waals surface area (Å²) in [6.45, 7) is 2.10. The quantitative estimate of drug-likeness (QED) is 0.705. The Labute approximate surface area is 165 Å². The number of ether oxygens (including phenoxy) is 1. The van der Waals surface area contributed by atoms with Crippen molar-refractivity contribution in [2.75, 3.05) is 19.7 Å². The summed E-state index contributed by atoms with van der Waals surface area (Å²) in [7, 11) is 0. The van der Waals surface area contributed by atoms with Gasteiger partial charge in [-0.2, -0.15) is 0 Å². The van der Waals surface area contributed by atoms with Crippen LogP contribution >= 0.6 is 48.0 Å². The van der Waals surface area contributed by atoms with Crippen molar-refractivity contribution in [1.82, 2.24) is 4.90 Å². The number of likely N-dealkylation sites (tertiary alicyclic amines) is 1. The van der Waals surface area contributed by atoms with E-state index in [2.05, 4.69) is 4.90 Å². The van der Waals surface area contributed by atoms with Gasteiger partial charge in [-0.05, 0) is 43.4 Å². The Bertz CT molecular complexity index is 535. The molecule has 3 rings (SSSR count). The fraction of sp³-hybridized carbons (Fsp3) is 0.588. The third-order valence-corrected chi connectivity index (χ3v) is 5.40. The van der Waals surface area contributed by atoms with Crippen molar-refractivity contribution >= 4 is 53.8 Å². The summed E-state index contributed by atoms with van der Waals surface area (Å²) in [6, 6.07) is 5.97. The zero-order valence-corrected chi connectivity index (χ0v) is 16.5. The Morgan fingerprint density at radius 1 is 1.17 bits per heavy atom. The van der Waals surface area contributed by atoms with Crippen LogP contribution < -0.4 is 0 Å². The molecule has 0 unspecified atom stereocenters. The minimum atomic E-state index is 0. The van der Waals surface area contributed by atoms with Crippen LogP contribution in [0.4, 0.5) is 0 Å². The molecule has 7 heteroatoms. The summed E-state index contributed by atoms with van der Waals surface area (Å²) in [5.74, 6) is 0.355. The molecule has 1 aromatic rings. The number of halogens is 4. The summed E-state index contributed by atoms with van der Waals surface area (Å²) >= 11 is 12.4. The van der Waals surface area contributed by atoms with Gasteiger partial charge in [-0.25, -0.2) is 0 Å². The van der Waals surface area contributed by atoms with Gasteiger partial charge in [-0.3, -0.25) is 9.69 Å². The maximum atomic E-state index is 11.5. The molecule has 2 fully saturated rings. The van der Waals surface area contributed by atoms with Gasteiger partial charge >= 0.3 is 0 Å². The Morgan fingerprint density at radius 3 is 2.50 bits per heavy atom. The van der Waals surface area contributed by atoms with Crippen molar-refractivity contribution < 1.29 is 9.53 Å². The third-order valence-electron chi connectivity index (χ3n) is 4.69. The standard InChI is InChI=1S/C17H21Cl2NO2.2ClH/c18-14-3-1-4-15(19)13(14)8-10-22-17-6-2-5-16(17)20-9-7-12(21)11-20;;/h1,3-4,16-17H,2,5-11H2;2*1H/t16-,17-;;/m1../s1. The van der Waals surface area contributed by atoms with Crippen molar-refractivity contribution in [3.05, 3.63) is 33.8 Å². The molecule has 1 aliphatic carbocycles. The highest BCUT2D eigenvalue weighted by Gasteiger charge is 2.36. The number of rotatable bonds is 5. The highest BCUT2D eigenvalue weighted by atomic mass is 35.5.